The summed E-state index contributed by atoms with van der Waals surface area (Å²) in [5.41, 5.74) is 0.779. The minimum atomic E-state index is -0.476. The Morgan fingerprint density at radius 3 is 2.24 bits per heavy atom. The van der Waals surface area contributed by atoms with E-state index >= 15 is 0 Å². The second kappa shape index (κ2) is 4.99. The second-order valence-corrected chi connectivity index (χ2v) is 4.86. The maximum Gasteiger partial charge on any atom is 0.148 e. The van der Waals surface area contributed by atoms with Gasteiger partial charge in [0.15, 0.2) is 0 Å². The van der Waals surface area contributed by atoms with Crippen molar-refractivity contribution < 1.29 is 4.39 Å². The van der Waals surface area contributed by atoms with E-state index in [9.17, 15) is 4.39 Å². The lowest BCUT2D eigenvalue weighted by atomic mass is 10.1. The highest BCUT2D eigenvalue weighted by atomic mass is 35.5. The maximum absolute atomic E-state index is 13.2. The van der Waals surface area contributed by atoms with Crippen LogP contribution in [-0.2, 0) is 0 Å². The summed E-state index contributed by atoms with van der Waals surface area (Å²) in [5.74, 6) is -0.476. The molecule has 2 rings (SSSR count). The molecule has 1 nitrogen and oxygen atoms in total. The smallest absolute Gasteiger partial charge is 0.148 e. The molecule has 0 bridgehead atoms. The molecule has 1 heterocycles. The van der Waals surface area contributed by atoms with Crippen LogP contribution in [0.2, 0.25) is 20.2 Å². The van der Waals surface area contributed by atoms with Gasteiger partial charge < -0.3 is 0 Å². The minimum Gasteiger partial charge on any atom is -0.233 e. The molecule has 0 amide bonds. The van der Waals surface area contributed by atoms with Crippen molar-refractivity contribution in [3.05, 3.63) is 50.3 Å². The van der Waals surface area contributed by atoms with Gasteiger partial charge in [0.05, 0.1) is 15.7 Å². The predicted octanol–water partition coefficient (Wildman–Crippen LogP) is 5.50. The number of benzene rings is 1. The van der Waals surface area contributed by atoms with Crippen LogP contribution in [0, 0.1) is 5.82 Å². The Hall–Kier alpha value is -0.540. The molecule has 88 valence electrons. The maximum atomic E-state index is 13.2. The molecule has 17 heavy (non-hydrogen) atoms. The molecule has 1 aromatic carbocycles. The third kappa shape index (κ3) is 2.83. The number of hydrogen-bond donors (Lipinski definition) is 0. The number of halogens is 5. The van der Waals surface area contributed by atoms with Crippen molar-refractivity contribution in [3.63, 3.8) is 0 Å². The molecule has 0 atom stereocenters. The number of hydrogen-bond acceptors (Lipinski definition) is 1. The first-order valence-electron chi connectivity index (χ1n) is 4.45. The van der Waals surface area contributed by atoms with Crippen LogP contribution in [0.3, 0.4) is 0 Å². The van der Waals surface area contributed by atoms with Crippen molar-refractivity contribution in [1.82, 2.24) is 4.98 Å². The molecule has 0 unspecified atom stereocenters. The fraction of sp³-hybridized carbons (Fsp3) is 0. The lowest BCUT2D eigenvalue weighted by Crippen LogP contribution is -1.88. The molecule has 0 aliphatic carbocycles. The van der Waals surface area contributed by atoms with Gasteiger partial charge in [0.1, 0.15) is 11.0 Å². The summed E-state index contributed by atoms with van der Waals surface area (Å²) in [6.45, 7) is 0. The van der Waals surface area contributed by atoms with Crippen LogP contribution in [0.5, 0.6) is 0 Å². The van der Waals surface area contributed by atoms with Crippen LogP contribution in [-0.4, -0.2) is 4.98 Å². The number of nitrogens with zero attached hydrogens (tertiary/aromatic N) is 1. The summed E-state index contributed by atoms with van der Waals surface area (Å²) in [6.07, 6.45) is 0. The third-order valence-electron chi connectivity index (χ3n) is 2.02. The number of aromatic nitrogens is 1. The predicted molar refractivity (Wildman–Crippen MR) is 69.7 cm³/mol. The zero-order valence-electron chi connectivity index (χ0n) is 8.15. The first-order chi connectivity index (χ1) is 7.97. The van der Waals surface area contributed by atoms with Crippen molar-refractivity contribution in [2.75, 3.05) is 0 Å². The Morgan fingerprint density at radius 2 is 1.59 bits per heavy atom. The van der Waals surface area contributed by atoms with Crippen LogP contribution < -0.4 is 0 Å². The molecule has 0 N–H and O–H groups in total. The van der Waals surface area contributed by atoms with Gasteiger partial charge in [-0.2, -0.15) is 0 Å². The molecule has 0 radical (unpaired) electrons. The fourth-order valence-electron chi connectivity index (χ4n) is 1.34. The van der Waals surface area contributed by atoms with E-state index in [2.05, 4.69) is 4.98 Å². The van der Waals surface area contributed by atoms with E-state index in [4.69, 9.17) is 46.4 Å². The molecule has 2 aromatic rings. The van der Waals surface area contributed by atoms with Gasteiger partial charge in [0, 0.05) is 10.6 Å². The fourth-order valence-corrected chi connectivity index (χ4v) is 2.17. The Balaban J connectivity index is 2.64. The summed E-state index contributed by atoms with van der Waals surface area (Å²) in [7, 11) is 0. The molecule has 0 aliphatic rings. The van der Waals surface area contributed by atoms with Gasteiger partial charge in [-0.05, 0) is 24.3 Å². The van der Waals surface area contributed by atoms with E-state index in [1.54, 1.807) is 6.07 Å². The van der Waals surface area contributed by atoms with Gasteiger partial charge >= 0.3 is 0 Å². The van der Waals surface area contributed by atoms with Crippen molar-refractivity contribution in [3.8, 4) is 11.3 Å². The average molecular weight is 311 g/mol. The molecule has 0 aliphatic heterocycles. The van der Waals surface area contributed by atoms with E-state index in [0.29, 0.717) is 11.3 Å². The zero-order valence-corrected chi connectivity index (χ0v) is 11.2. The summed E-state index contributed by atoms with van der Waals surface area (Å²) < 4.78 is 13.2. The minimum absolute atomic E-state index is 0.103. The Morgan fingerprint density at radius 1 is 0.882 bits per heavy atom. The van der Waals surface area contributed by atoms with Gasteiger partial charge in [-0.1, -0.05) is 46.4 Å². The first kappa shape index (κ1) is 12.9. The zero-order chi connectivity index (χ0) is 12.6. The van der Waals surface area contributed by atoms with Crippen molar-refractivity contribution >= 4 is 46.4 Å². The second-order valence-electron chi connectivity index (χ2n) is 3.25. The molecule has 0 fully saturated rings. The lowest BCUT2D eigenvalue weighted by Gasteiger charge is -2.06. The molecule has 0 spiro atoms. The first-order valence-corrected chi connectivity index (χ1v) is 5.96. The molecule has 6 heteroatoms. The Bertz CT molecular complexity index is 566. The third-order valence-corrected chi connectivity index (χ3v) is 3.20. The molecular formula is C11H4Cl4FN. The van der Waals surface area contributed by atoms with Crippen LogP contribution >= 0.6 is 46.4 Å². The van der Waals surface area contributed by atoms with Crippen LogP contribution in [0.1, 0.15) is 0 Å². The highest BCUT2D eigenvalue weighted by molar-refractivity contribution is 6.43. The Kier molecular flexibility index (Phi) is 3.79. The van der Waals surface area contributed by atoms with Gasteiger partial charge in [0.25, 0.3) is 0 Å². The molecule has 0 saturated heterocycles. The Labute approximate surface area is 117 Å². The summed E-state index contributed by atoms with van der Waals surface area (Å²) in [6, 6.07) is 5.45. The van der Waals surface area contributed by atoms with E-state index in [-0.39, 0.29) is 20.2 Å². The van der Waals surface area contributed by atoms with E-state index in [1.807, 2.05) is 0 Å². The van der Waals surface area contributed by atoms with Crippen molar-refractivity contribution in [2.24, 2.45) is 0 Å². The highest BCUT2D eigenvalue weighted by Crippen LogP contribution is 2.33. The van der Waals surface area contributed by atoms with Crippen molar-refractivity contribution in [2.45, 2.75) is 0 Å². The molecular weight excluding hydrogens is 307 g/mol. The quantitative estimate of drug-likeness (QED) is 0.634. The van der Waals surface area contributed by atoms with Crippen LogP contribution in [0.15, 0.2) is 24.3 Å². The van der Waals surface area contributed by atoms with Gasteiger partial charge in [-0.25, -0.2) is 9.37 Å². The lowest BCUT2D eigenvalue weighted by molar-refractivity contribution is 0.628. The monoisotopic (exact) mass is 309 g/mol. The molecule has 1 aromatic heterocycles. The summed E-state index contributed by atoms with van der Waals surface area (Å²) >= 11 is 23.3. The normalized spacial score (nSPS) is 10.6. The van der Waals surface area contributed by atoms with Crippen LogP contribution in [0.4, 0.5) is 4.39 Å². The van der Waals surface area contributed by atoms with Gasteiger partial charge in [-0.15, -0.1) is 0 Å². The SMILES string of the molecule is Fc1cc(Cl)cc(-c2nc(Cl)c(Cl)cc2Cl)c1. The van der Waals surface area contributed by atoms with E-state index in [0.717, 1.165) is 0 Å². The highest BCUT2D eigenvalue weighted by Gasteiger charge is 2.11. The molecule has 0 saturated carbocycles. The summed E-state index contributed by atoms with van der Waals surface area (Å²) in [5, 5.41) is 0.874. The number of pyridine rings is 1. The van der Waals surface area contributed by atoms with Crippen LogP contribution in [0.25, 0.3) is 11.3 Å². The topological polar surface area (TPSA) is 12.9 Å². The standard InChI is InChI=1S/C11H4Cl4FN/c12-6-1-5(2-7(16)3-6)10-8(13)4-9(14)11(15)17-10/h1-4H. The van der Waals surface area contributed by atoms with Gasteiger partial charge in [0.2, 0.25) is 0 Å². The number of rotatable bonds is 1. The van der Waals surface area contributed by atoms with E-state index in [1.165, 1.54) is 18.2 Å². The van der Waals surface area contributed by atoms with Crippen molar-refractivity contribution in [1.29, 1.82) is 0 Å². The largest absolute Gasteiger partial charge is 0.233 e. The summed E-state index contributed by atoms with van der Waals surface area (Å²) in [4.78, 5) is 4.00. The van der Waals surface area contributed by atoms with Gasteiger partial charge in [-0.3, -0.25) is 0 Å². The van der Waals surface area contributed by atoms with E-state index < -0.39 is 5.82 Å². The average Bonchev–Trinajstić information content (AvgIpc) is 2.22.